The minimum absolute atomic E-state index is 0.0552. The fraction of sp³-hybridized carbons (Fsp3) is 0. The van der Waals surface area contributed by atoms with Gasteiger partial charge in [0.05, 0.1) is 5.56 Å². The highest BCUT2D eigenvalue weighted by Crippen LogP contribution is 2.63. The number of rotatable bonds is 8. The molecular weight excluding hydrogens is 977 g/mol. The Morgan fingerprint density at radius 1 is 0.208 bits per heavy atom. The summed E-state index contributed by atoms with van der Waals surface area (Å²) in [6, 6.07) is 53.7. The molecule has 0 heterocycles. The zero-order chi connectivity index (χ0) is 53.6. The number of ether oxygens (including phenoxy) is 1. The minimum atomic E-state index is -1.16. The second-order valence-electron chi connectivity index (χ2n) is 18.5. The van der Waals surface area contributed by atoms with Crippen LogP contribution in [0.5, 0.6) is 80.5 Å². The fourth-order valence-corrected chi connectivity index (χ4v) is 10.7. The first-order valence-corrected chi connectivity index (χ1v) is 24.0. The summed E-state index contributed by atoms with van der Waals surface area (Å²) in [4.78, 5) is 0. The summed E-state index contributed by atoms with van der Waals surface area (Å²) in [5, 5.41) is 140. The number of hydrogen-bond donors (Lipinski definition) is 12. The van der Waals surface area contributed by atoms with Crippen molar-refractivity contribution < 1.29 is 66.0 Å². The van der Waals surface area contributed by atoms with E-state index in [9.17, 15) is 61.3 Å². The lowest BCUT2D eigenvalue weighted by molar-refractivity contribution is 0.330. The van der Waals surface area contributed by atoms with Gasteiger partial charge in [-0.25, -0.2) is 0 Å². The van der Waals surface area contributed by atoms with Crippen LogP contribution >= 0.6 is 0 Å². The zero-order valence-electron chi connectivity index (χ0n) is 40.1. The maximum Gasteiger partial charge on any atom is 0.215 e. The van der Waals surface area contributed by atoms with Crippen LogP contribution in [0.1, 0.15) is 0 Å². The van der Waals surface area contributed by atoms with Gasteiger partial charge in [0.2, 0.25) is 40.2 Å². The van der Waals surface area contributed by atoms with E-state index in [0.717, 1.165) is 27.8 Å². The summed E-state index contributed by atoms with van der Waals surface area (Å²) in [6.45, 7) is 0. The second-order valence-corrected chi connectivity index (χ2v) is 18.5. The van der Waals surface area contributed by atoms with E-state index in [2.05, 4.69) is 0 Å². The Labute approximate surface area is 436 Å². The van der Waals surface area contributed by atoms with Crippen molar-refractivity contribution in [1.82, 2.24) is 0 Å². The topological polar surface area (TPSA) is 252 Å². The van der Waals surface area contributed by atoms with Gasteiger partial charge < -0.3 is 66.0 Å². The Morgan fingerprint density at radius 3 is 1.01 bits per heavy atom. The Hall–Kier alpha value is -10.9. The van der Waals surface area contributed by atoms with Gasteiger partial charge >= 0.3 is 0 Å². The van der Waals surface area contributed by atoms with E-state index in [4.69, 9.17) is 4.74 Å². The Morgan fingerprint density at radius 2 is 0.532 bits per heavy atom. The molecule has 77 heavy (non-hydrogen) atoms. The molecule has 0 saturated carbocycles. The fourth-order valence-electron chi connectivity index (χ4n) is 10.7. The van der Waals surface area contributed by atoms with Crippen molar-refractivity contribution in [2.75, 3.05) is 0 Å². The van der Waals surface area contributed by atoms with Crippen LogP contribution < -0.4 is 4.74 Å². The van der Waals surface area contributed by atoms with Gasteiger partial charge in [-0.3, -0.25) is 0 Å². The number of benzene rings is 12. The maximum atomic E-state index is 12.9. The summed E-state index contributed by atoms with van der Waals surface area (Å²) < 4.78 is 6.47. The van der Waals surface area contributed by atoms with E-state index in [-0.39, 0.29) is 60.5 Å². The third kappa shape index (κ3) is 7.24. The van der Waals surface area contributed by atoms with Crippen molar-refractivity contribution in [3.63, 3.8) is 0 Å². The summed E-state index contributed by atoms with van der Waals surface area (Å²) in [5.41, 5.74) is 5.00. The number of fused-ring (bicyclic) bond motifs is 4. The maximum absolute atomic E-state index is 12.9. The van der Waals surface area contributed by atoms with Crippen LogP contribution in [0.25, 0.3) is 110 Å². The smallest absolute Gasteiger partial charge is 0.215 e. The van der Waals surface area contributed by atoms with E-state index >= 15 is 0 Å². The molecule has 0 aromatic heterocycles. The van der Waals surface area contributed by atoms with Crippen LogP contribution in [0, 0.1) is 0 Å². The molecule has 0 amide bonds. The summed E-state index contributed by atoms with van der Waals surface area (Å²) in [6.07, 6.45) is 0. The molecule has 13 nitrogen and oxygen atoms in total. The summed E-state index contributed by atoms with van der Waals surface area (Å²) in [7, 11) is 0. The van der Waals surface area contributed by atoms with Crippen molar-refractivity contribution >= 4 is 43.1 Å². The predicted octanol–water partition coefficient (Wildman–Crippen LogP) is 14.6. The van der Waals surface area contributed by atoms with Crippen LogP contribution in [0.3, 0.4) is 0 Å². The Balaban J connectivity index is 1.15. The molecule has 13 heteroatoms. The van der Waals surface area contributed by atoms with Crippen molar-refractivity contribution in [3.05, 3.63) is 182 Å². The lowest BCUT2D eigenvalue weighted by Gasteiger charge is -2.23. The second kappa shape index (κ2) is 17.9. The van der Waals surface area contributed by atoms with Gasteiger partial charge in [0.15, 0.2) is 34.5 Å². The molecule has 0 radical (unpaired) electrons. The highest BCUT2D eigenvalue weighted by Gasteiger charge is 2.34. The number of phenols is 12. The first kappa shape index (κ1) is 47.1. The molecule has 0 unspecified atom stereocenters. The molecule has 0 aliphatic heterocycles. The van der Waals surface area contributed by atoms with Crippen LogP contribution in [-0.2, 0) is 0 Å². The molecule has 0 bridgehead atoms. The molecule has 12 rings (SSSR count). The third-order valence-electron chi connectivity index (χ3n) is 14.2. The van der Waals surface area contributed by atoms with E-state index in [1.54, 1.807) is 78.9 Å². The van der Waals surface area contributed by atoms with Gasteiger partial charge in [-0.1, -0.05) is 170 Å². The van der Waals surface area contributed by atoms with Crippen molar-refractivity contribution in [3.8, 4) is 147 Å². The van der Waals surface area contributed by atoms with E-state index in [0.29, 0.717) is 21.7 Å². The molecule has 0 saturated heterocycles. The van der Waals surface area contributed by atoms with Crippen molar-refractivity contribution in [2.45, 2.75) is 0 Å². The van der Waals surface area contributed by atoms with Crippen LogP contribution in [0.4, 0.5) is 0 Å². The monoisotopic (exact) mass is 1020 g/mol. The number of hydrogen-bond acceptors (Lipinski definition) is 13. The van der Waals surface area contributed by atoms with Crippen molar-refractivity contribution in [2.24, 2.45) is 0 Å². The first-order chi connectivity index (χ1) is 37.2. The highest BCUT2D eigenvalue weighted by molar-refractivity contribution is 6.29. The van der Waals surface area contributed by atoms with E-state index in [1.165, 1.54) is 12.1 Å². The standard InChI is InChI=1S/C64H42O13/c65-52-47-44(35-16-8-3-9-17-35)49-50(45(48(47)53(66)59(72)58(52)71)37-26-22-34(23-27-37)32-14-6-2-7-15-32)57(70)64(63(76)54(49)67)77-38-28-29-41-42(30-38)46(51-55(68)60(73)62(75)61(74)56(51)69)40-19-11-10-18-39(40)43(41)36-24-20-33(21-25-36)31-12-4-1-5-13-31/h1-30,65-76H. The average Bonchev–Trinajstić information content (AvgIpc) is 3.48. The molecule has 0 fully saturated rings. The molecule has 12 aromatic rings. The van der Waals surface area contributed by atoms with Gasteiger partial charge in [0.1, 0.15) is 5.75 Å². The minimum Gasteiger partial charge on any atom is -0.504 e. The number of aromatic hydroxyl groups is 12. The van der Waals surface area contributed by atoms with Crippen molar-refractivity contribution in [1.29, 1.82) is 0 Å². The molecule has 0 aliphatic rings. The first-order valence-electron chi connectivity index (χ1n) is 24.0. The summed E-state index contributed by atoms with van der Waals surface area (Å²) >= 11 is 0. The van der Waals surface area contributed by atoms with Gasteiger partial charge in [0.25, 0.3) is 0 Å². The molecule has 0 aliphatic carbocycles. The van der Waals surface area contributed by atoms with Crippen LogP contribution in [-0.4, -0.2) is 61.3 Å². The van der Waals surface area contributed by atoms with Gasteiger partial charge in [0, 0.05) is 38.2 Å². The molecule has 376 valence electrons. The van der Waals surface area contributed by atoms with Crippen LogP contribution in [0.15, 0.2) is 182 Å². The zero-order valence-corrected chi connectivity index (χ0v) is 40.1. The SMILES string of the molecule is Oc1c(O)c(O)c(-c2c3ccccc3c(-c3ccc(-c4ccccc4)cc3)c3ccc(Oc4c(O)c(O)c5c(-c6ccccc6)c6c(O)c(O)c(O)c(O)c6c(-c6ccc(-c7ccccc7)cc6)c5c4O)cc23)c(O)c1O. The molecule has 0 atom stereocenters. The average molecular weight is 1020 g/mol. The van der Waals surface area contributed by atoms with Gasteiger partial charge in [-0.2, -0.15) is 0 Å². The predicted molar refractivity (Wildman–Crippen MR) is 296 cm³/mol. The van der Waals surface area contributed by atoms with E-state index in [1.807, 2.05) is 91.0 Å². The molecule has 12 N–H and O–H groups in total. The summed E-state index contributed by atoms with van der Waals surface area (Å²) in [5.74, 6) is -12.7. The number of phenolic OH excluding ortho intramolecular Hbond substituents is 12. The quantitative estimate of drug-likeness (QED) is 0.0385. The molecule has 0 spiro atoms. The van der Waals surface area contributed by atoms with Gasteiger partial charge in [-0.05, 0) is 78.2 Å². The molecular formula is C64H42O13. The lowest BCUT2D eigenvalue weighted by atomic mass is 9.83. The lowest BCUT2D eigenvalue weighted by Crippen LogP contribution is -1.96. The van der Waals surface area contributed by atoms with Crippen LogP contribution in [0.2, 0.25) is 0 Å². The normalized spacial score (nSPS) is 11.5. The van der Waals surface area contributed by atoms with E-state index < -0.39 is 80.3 Å². The highest BCUT2D eigenvalue weighted by atomic mass is 16.5. The Bertz CT molecular complexity index is 4360. The third-order valence-corrected chi connectivity index (χ3v) is 14.2. The Kier molecular flexibility index (Phi) is 11.0. The largest absolute Gasteiger partial charge is 0.504 e. The molecule has 12 aromatic carbocycles. The van der Waals surface area contributed by atoms with Gasteiger partial charge in [-0.15, -0.1) is 0 Å².